The Kier molecular flexibility index (Phi) is 5.40. The van der Waals surface area contributed by atoms with E-state index in [2.05, 4.69) is 14.9 Å². The molecule has 0 saturated heterocycles. The van der Waals surface area contributed by atoms with Crippen LogP contribution in [-0.2, 0) is 13.1 Å². The van der Waals surface area contributed by atoms with Gasteiger partial charge in [0, 0.05) is 42.5 Å². The quantitative estimate of drug-likeness (QED) is 0.614. The van der Waals surface area contributed by atoms with Crippen molar-refractivity contribution in [1.29, 1.82) is 0 Å². The third-order valence-corrected chi connectivity index (χ3v) is 5.42. The summed E-state index contributed by atoms with van der Waals surface area (Å²) in [5, 5.41) is 11.1. The van der Waals surface area contributed by atoms with Gasteiger partial charge in [0.2, 0.25) is 0 Å². The first-order valence-corrected chi connectivity index (χ1v) is 8.95. The molecule has 0 spiro atoms. The molecule has 2 heterocycles. The first-order valence-electron chi connectivity index (χ1n) is 8.13. The van der Waals surface area contributed by atoms with Crippen molar-refractivity contribution in [3.05, 3.63) is 45.3 Å². The van der Waals surface area contributed by atoms with Gasteiger partial charge in [-0.2, -0.15) is 0 Å². The number of hydrogen-bond acceptors (Lipinski definition) is 5. The monoisotopic (exact) mass is 334 g/mol. The van der Waals surface area contributed by atoms with E-state index < -0.39 is 0 Å². The Hall–Kier alpha value is -1.73. The zero-order valence-corrected chi connectivity index (χ0v) is 13.9. The molecule has 1 fully saturated rings. The van der Waals surface area contributed by atoms with Crippen LogP contribution in [0.1, 0.15) is 42.7 Å². The van der Waals surface area contributed by atoms with Crippen LogP contribution in [0.2, 0.25) is 0 Å². The van der Waals surface area contributed by atoms with Crippen LogP contribution < -0.4 is 0 Å². The second-order valence-electron chi connectivity index (χ2n) is 6.25. The van der Waals surface area contributed by atoms with Crippen molar-refractivity contribution >= 4 is 16.3 Å². The van der Waals surface area contributed by atoms with Gasteiger partial charge in [0.05, 0.1) is 11.3 Å². The second-order valence-corrected chi connectivity index (χ2v) is 7.39. The lowest BCUT2D eigenvalue weighted by Crippen LogP contribution is -2.29. The number of nitro groups is 1. The molecule has 0 unspecified atom stereocenters. The predicted octanol–water partition coefficient (Wildman–Crippen LogP) is 3.96. The molecule has 0 atom stereocenters. The Labute approximate surface area is 139 Å². The molecule has 0 aliphatic heterocycles. The molecule has 2 aromatic rings. The highest BCUT2D eigenvalue weighted by Gasteiger charge is 2.19. The van der Waals surface area contributed by atoms with E-state index in [-0.39, 0.29) is 9.92 Å². The number of rotatable bonds is 7. The van der Waals surface area contributed by atoms with Crippen molar-refractivity contribution in [2.24, 2.45) is 5.92 Å². The van der Waals surface area contributed by atoms with Crippen molar-refractivity contribution in [1.82, 2.24) is 14.9 Å². The molecule has 1 aliphatic carbocycles. The topological polar surface area (TPSA) is 75.1 Å². The zero-order valence-electron chi connectivity index (χ0n) is 13.1. The fourth-order valence-electron chi connectivity index (χ4n) is 3.30. The van der Waals surface area contributed by atoms with E-state index in [0.717, 1.165) is 36.1 Å². The Balaban J connectivity index is 1.66. The summed E-state index contributed by atoms with van der Waals surface area (Å²) in [5.74, 6) is 0.738. The average molecular weight is 334 g/mol. The molecule has 23 heavy (non-hydrogen) atoms. The molecule has 1 aliphatic rings. The highest BCUT2D eigenvalue weighted by molar-refractivity contribution is 7.15. The minimum atomic E-state index is -0.311. The van der Waals surface area contributed by atoms with Gasteiger partial charge in [-0.1, -0.05) is 30.6 Å². The SMILES string of the molecule is O=[N+]([O-])c1ccc(CN(Cc2cnc[nH]2)CC2CCCCC2)s1. The number of thiophene rings is 1. The summed E-state index contributed by atoms with van der Waals surface area (Å²) in [4.78, 5) is 21.2. The molecule has 2 aromatic heterocycles. The van der Waals surface area contributed by atoms with E-state index in [4.69, 9.17) is 0 Å². The molecule has 0 amide bonds. The highest BCUT2D eigenvalue weighted by Crippen LogP contribution is 2.28. The molecular weight excluding hydrogens is 312 g/mol. The maximum absolute atomic E-state index is 10.9. The average Bonchev–Trinajstić information content (AvgIpc) is 3.20. The first kappa shape index (κ1) is 16.1. The van der Waals surface area contributed by atoms with Gasteiger partial charge in [-0.25, -0.2) is 4.98 Å². The van der Waals surface area contributed by atoms with E-state index in [1.165, 1.54) is 43.4 Å². The number of aromatic nitrogens is 2. The molecule has 0 aromatic carbocycles. The Morgan fingerprint density at radius 3 is 2.78 bits per heavy atom. The van der Waals surface area contributed by atoms with Crippen LogP contribution in [0.25, 0.3) is 0 Å². The molecule has 0 bridgehead atoms. The number of nitrogens with zero attached hydrogens (tertiary/aromatic N) is 3. The van der Waals surface area contributed by atoms with Gasteiger partial charge in [-0.3, -0.25) is 15.0 Å². The minimum absolute atomic E-state index is 0.221. The molecule has 0 radical (unpaired) electrons. The molecule has 124 valence electrons. The summed E-state index contributed by atoms with van der Waals surface area (Å²) < 4.78 is 0. The molecular formula is C16H22N4O2S. The fourth-order valence-corrected chi connectivity index (χ4v) is 4.16. The van der Waals surface area contributed by atoms with Crippen LogP contribution in [-0.4, -0.2) is 26.3 Å². The Bertz CT molecular complexity index is 620. The number of aromatic amines is 1. The molecule has 6 nitrogen and oxygen atoms in total. The smallest absolute Gasteiger partial charge is 0.324 e. The molecule has 1 saturated carbocycles. The standard InChI is InChI=1S/C16H22N4O2S/c21-20(22)16-7-6-15(23-16)11-19(10-14-8-17-12-18-14)9-13-4-2-1-3-5-13/h6-8,12-13H,1-5,9-11H2,(H,17,18). The molecule has 7 heteroatoms. The van der Waals surface area contributed by atoms with Crippen LogP contribution in [0.3, 0.4) is 0 Å². The Morgan fingerprint density at radius 1 is 1.30 bits per heavy atom. The van der Waals surface area contributed by atoms with E-state index >= 15 is 0 Å². The number of hydrogen-bond donors (Lipinski definition) is 1. The van der Waals surface area contributed by atoms with Crippen LogP contribution >= 0.6 is 11.3 Å². The third kappa shape index (κ3) is 4.62. The minimum Gasteiger partial charge on any atom is -0.347 e. The molecule has 1 N–H and O–H groups in total. The van der Waals surface area contributed by atoms with E-state index in [9.17, 15) is 10.1 Å². The number of nitrogens with one attached hydrogen (secondary N) is 1. The zero-order chi connectivity index (χ0) is 16.1. The largest absolute Gasteiger partial charge is 0.347 e. The van der Waals surface area contributed by atoms with Gasteiger partial charge in [0.1, 0.15) is 0 Å². The summed E-state index contributed by atoms with van der Waals surface area (Å²) in [6.07, 6.45) is 10.2. The fraction of sp³-hybridized carbons (Fsp3) is 0.562. The summed E-state index contributed by atoms with van der Waals surface area (Å²) in [7, 11) is 0. The van der Waals surface area contributed by atoms with E-state index in [1.807, 2.05) is 12.3 Å². The van der Waals surface area contributed by atoms with Gasteiger partial charge in [0.15, 0.2) is 0 Å². The van der Waals surface area contributed by atoms with Gasteiger partial charge < -0.3 is 4.98 Å². The summed E-state index contributed by atoms with van der Waals surface area (Å²) in [6, 6.07) is 3.48. The summed E-state index contributed by atoms with van der Waals surface area (Å²) in [5.41, 5.74) is 1.09. The van der Waals surface area contributed by atoms with Crippen molar-refractivity contribution in [3.63, 3.8) is 0 Å². The van der Waals surface area contributed by atoms with E-state index in [1.54, 1.807) is 12.4 Å². The van der Waals surface area contributed by atoms with Crippen molar-refractivity contribution < 1.29 is 4.92 Å². The number of H-pyrrole nitrogens is 1. The number of imidazole rings is 1. The maximum Gasteiger partial charge on any atom is 0.324 e. The first-order chi connectivity index (χ1) is 11.2. The lowest BCUT2D eigenvalue weighted by molar-refractivity contribution is -0.380. The van der Waals surface area contributed by atoms with Crippen molar-refractivity contribution in [3.8, 4) is 0 Å². The maximum atomic E-state index is 10.9. The highest BCUT2D eigenvalue weighted by atomic mass is 32.1. The lowest BCUT2D eigenvalue weighted by atomic mass is 9.89. The van der Waals surface area contributed by atoms with Gasteiger partial charge in [-0.15, -0.1) is 0 Å². The third-order valence-electron chi connectivity index (χ3n) is 4.40. The van der Waals surface area contributed by atoms with Crippen molar-refractivity contribution in [2.45, 2.75) is 45.2 Å². The van der Waals surface area contributed by atoms with Crippen LogP contribution in [0, 0.1) is 16.0 Å². The molecule has 3 rings (SSSR count). The Morgan fingerprint density at radius 2 is 2.13 bits per heavy atom. The van der Waals surface area contributed by atoms with Gasteiger partial charge in [-0.05, 0) is 24.8 Å². The normalized spacial score (nSPS) is 16.0. The van der Waals surface area contributed by atoms with E-state index in [0.29, 0.717) is 0 Å². The predicted molar refractivity (Wildman–Crippen MR) is 90.3 cm³/mol. The second kappa shape index (κ2) is 7.70. The van der Waals surface area contributed by atoms with Gasteiger partial charge in [0.25, 0.3) is 0 Å². The van der Waals surface area contributed by atoms with Crippen LogP contribution in [0.15, 0.2) is 24.7 Å². The van der Waals surface area contributed by atoms with Crippen LogP contribution in [0.4, 0.5) is 5.00 Å². The van der Waals surface area contributed by atoms with Gasteiger partial charge >= 0.3 is 5.00 Å². The van der Waals surface area contributed by atoms with Crippen molar-refractivity contribution in [2.75, 3.05) is 6.54 Å². The lowest BCUT2D eigenvalue weighted by Gasteiger charge is -2.29. The van der Waals surface area contributed by atoms with Crippen LogP contribution in [0.5, 0.6) is 0 Å². The summed E-state index contributed by atoms with van der Waals surface area (Å²) >= 11 is 1.28. The summed E-state index contributed by atoms with van der Waals surface area (Å²) in [6.45, 7) is 2.61.